The quantitative estimate of drug-likeness (QED) is 0.795. The van der Waals surface area contributed by atoms with E-state index in [1.165, 1.54) is 0 Å². The fourth-order valence-electron chi connectivity index (χ4n) is 2.07. The SMILES string of the molecule is COc1cccc(C(C#N)C(=O)c2cccc(C)c2)c1. The number of methoxy groups -OCH3 is 1. The molecule has 1 unspecified atom stereocenters. The first-order valence-corrected chi connectivity index (χ1v) is 6.30. The molecule has 0 aliphatic rings. The standard InChI is InChI=1S/C17H15NO2/c1-12-5-3-7-14(9-12)17(19)16(11-18)13-6-4-8-15(10-13)20-2/h3-10,16H,1-2H3. The third-order valence-electron chi connectivity index (χ3n) is 3.12. The van der Waals surface area contributed by atoms with Crippen LogP contribution in [0.3, 0.4) is 0 Å². The zero-order chi connectivity index (χ0) is 14.5. The van der Waals surface area contributed by atoms with Crippen LogP contribution in [0.4, 0.5) is 0 Å². The topological polar surface area (TPSA) is 50.1 Å². The van der Waals surface area contributed by atoms with E-state index in [-0.39, 0.29) is 5.78 Å². The van der Waals surface area contributed by atoms with Crippen molar-refractivity contribution in [2.75, 3.05) is 7.11 Å². The lowest BCUT2D eigenvalue weighted by atomic mass is 9.91. The predicted octanol–water partition coefficient (Wildman–Crippen LogP) is 3.49. The summed E-state index contributed by atoms with van der Waals surface area (Å²) in [6.07, 6.45) is 0. The van der Waals surface area contributed by atoms with E-state index in [0.717, 1.165) is 5.56 Å². The number of rotatable bonds is 4. The van der Waals surface area contributed by atoms with Gasteiger partial charge >= 0.3 is 0 Å². The van der Waals surface area contributed by atoms with Gasteiger partial charge in [0.05, 0.1) is 13.2 Å². The second-order valence-corrected chi connectivity index (χ2v) is 4.57. The maximum atomic E-state index is 12.5. The molecule has 3 nitrogen and oxygen atoms in total. The first-order valence-electron chi connectivity index (χ1n) is 6.30. The fourth-order valence-corrected chi connectivity index (χ4v) is 2.07. The molecule has 0 aliphatic carbocycles. The number of ketones is 1. The summed E-state index contributed by atoms with van der Waals surface area (Å²) >= 11 is 0. The smallest absolute Gasteiger partial charge is 0.184 e. The van der Waals surface area contributed by atoms with Crippen molar-refractivity contribution < 1.29 is 9.53 Å². The molecule has 0 radical (unpaired) electrons. The fraction of sp³-hybridized carbons (Fsp3) is 0.176. The molecule has 0 bridgehead atoms. The summed E-state index contributed by atoms with van der Waals surface area (Å²) < 4.78 is 5.13. The van der Waals surface area contributed by atoms with Gasteiger partial charge in [0.1, 0.15) is 11.7 Å². The summed E-state index contributed by atoms with van der Waals surface area (Å²) in [6, 6.07) is 16.4. The number of Topliss-reactive ketones (excluding diaryl/α,β-unsaturated/α-hetero) is 1. The predicted molar refractivity (Wildman–Crippen MR) is 76.9 cm³/mol. The number of aryl methyl sites for hydroxylation is 1. The Labute approximate surface area is 118 Å². The Morgan fingerprint density at radius 2 is 1.95 bits per heavy atom. The molecule has 0 saturated heterocycles. The molecule has 20 heavy (non-hydrogen) atoms. The van der Waals surface area contributed by atoms with Crippen LogP contribution in [0.25, 0.3) is 0 Å². The lowest BCUT2D eigenvalue weighted by Gasteiger charge is -2.10. The Hall–Kier alpha value is -2.60. The second-order valence-electron chi connectivity index (χ2n) is 4.57. The molecule has 3 heteroatoms. The average molecular weight is 265 g/mol. The van der Waals surface area contributed by atoms with Gasteiger partial charge in [-0.25, -0.2) is 0 Å². The van der Waals surface area contributed by atoms with Crippen molar-refractivity contribution in [1.29, 1.82) is 5.26 Å². The highest BCUT2D eigenvalue weighted by Crippen LogP contribution is 2.24. The van der Waals surface area contributed by atoms with Gasteiger partial charge in [-0.05, 0) is 30.7 Å². The highest BCUT2D eigenvalue weighted by Gasteiger charge is 2.22. The van der Waals surface area contributed by atoms with Gasteiger partial charge in [-0.2, -0.15) is 5.26 Å². The van der Waals surface area contributed by atoms with Crippen LogP contribution in [0.15, 0.2) is 48.5 Å². The molecule has 0 saturated carbocycles. The van der Waals surface area contributed by atoms with Crippen molar-refractivity contribution in [3.63, 3.8) is 0 Å². The molecule has 0 aromatic heterocycles. The van der Waals surface area contributed by atoms with Crippen LogP contribution < -0.4 is 4.74 Å². The minimum absolute atomic E-state index is 0.190. The first kappa shape index (κ1) is 13.8. The van der Waals surface area contributed by atoms with Crippen LogP contribution in [0.1, 0.15) is 27.4 Å². The molecule has 0 amide bonds. The van der Waals surface area contributed by atoms with Gasteiger partial charge < -0.3 is 4.74 Å². The highest BCUT2D eigenvalue weighted by molar-refractivity contribution is 6.02. The van der Waals surface area contributed by atoms with Crippen molar-refractivity contribution in [3.05, 3.63) is 65.2 Å². The summed E-state index contributed by atoms with van der Waals surface area (Å²) in [7, 11) is 1.56. The molecule has 0 N–H and O–H groups in total. The number of hydrogen-bond acceptors (Lipinski definition) is 3. The zero-order valence-electron chi connectivity index (χ0n) is 11.5. The molecule has 0 spiro atoms. The number of benzene rings is 2. The summed E-state index contributed by atoms with van der Waals surface area (Å²) in [5.74, 6) is -0.365. The molecule has 0 fully saturated rings. The minimum Gasteiger partial charge on any atom is -0.497 e. The van der Waals surface area contributed by atoms with E-state index in [1.807, 2.05) is 19.1 Å². The molecule has 1 atom stereocenters. The zero-order valence-corrected chi connectivity index (χ0v) is 11.5. The second kappa shape index (κ2) is 6.03. The molecule has 2 rings (SSSR count). The van der Waals surface area contributed by atoms with Gasteiger partial charge in [-0.3, -0.25) is 4.79 Å². The molecule has 2 aromatic carbocycles. The molecular weight excluding hydrogens is 250 g/mol. The van der Waals surface area contributed by atoms with Gasteiger partial charge in [0.25, 0.3) is 0 Å². The van der Waals surface area contributed by atoms with Gasteiger partial charge in [-0.15, -0.1) is 0 Å². The van der Waals surface area contributed by atoms with Crippen molar-refractivity contribution >= 4 is 5.78 Å². The normalized spacial score (nSPS) is 11.4. The van der Waals surface area contributed by atoms with E-state index in [2.05, 4.69) is 6.07 Å². The number of carbonyl (C=O) groups is 1. The Kier molecular flexibility index (Phi) is 4.17. The largest absolute Gasteiger partial charge is 0.497 e. The number of nitrogens with zero attached hydrogens (tertiary/aromatic N) is 1. The van der Waals surface area contributed by atoms with Gasteiger partial charge in [-0.1, -0.05) is 35.9 Å². The number of carbonyl (C=O) groups excluding carboxylic acids is 1. The molecule has 2 aromatic rings. The molecule has 100 valence electrons. The summed E-state index contributed by atoms with van der Waals surface area (Å²) in [4.78, 5) is 12.5. The number of hydrogen-bond donors (Lipinski definition) is 0. The molecule has 0 heterocycles. The minimum atomic E-state index is -0.813. The van der Waals surface area contributed by atoms with Crippen molar-refractivity contribution in [2.45, 2.75) is 12.8 Å². The van der Waals surface area contributed by atoms with Crippen LogP contribution in [0.2, 0.25) is 0 Å². The van der Waals surface area contributed by atoms with Crippen molar-refractivity contribution in [3.8, 4) is 11.8 Å². The van der Waals surface area contributed by atoms with Crippen LogP contribution in [-0.4, -0.2) is 12.9 Å². The van der Waals surface area contributed by atoms with Crippen molar-refractivity contribution in [2.24, 2.45) is 0 Å². The van der Waals surface area contributed by atoms with E-state index in [0.29, 0.717) is 16.9 Å². The van der Waals surface area contributed by atoms with Gasteiger partial charge in [0.2, 0.25) is 0 Å². The summed E-state index contributed by atoms with van der Waals surface area (Å²) in [5, 5.41) is 9.33. The monoisotopic (exact) mass is 265 g/mol. The lowest BCUT2D eigenvalue weighted by molar-refractivity contribution is 0.0979. The van der Waals surface area contributed by atoms with Crippen LogP contribution >= 0.6 is 0 Å². The van der Waals surface area contributed by atoms with E-state index < -0.39 is 5.92 Å². The van der Waals surface area contributed by atoms with E-state index in [9.17, 15) is 10.1 Å². The maximum absolute atomic E-state index is 12.5. The Bertz CT molecular complexity index is 671. The highest BCUT2D eigenvalue weighted by atomic mass is 16.5. The Morgan fingerprint density at radius 3 is 2.60 bits per heavy atom. The third kappa shape index (κ3) is 2.86. The third-order valence-corrected chi connectivity index (χ3v) is 3.12. The number of nitriles is 1. The van der Waals surface area contributed by atoms with E-state index >= 15 is 0 Å². The average Bonchev–Trinajstić information content (AvgIpc) is 2.48. The van der Waals surface area contributed by atoms with Crippen LogP contribution in [-0.2, 0) is 0 Å². The summed E-state index contributed by atoms with van der Waals surface area (Å²) in [5.41, 5.74) is 2.20. The van der Waals surface area contributed by atoms with Crippen molar-refractivity contribution in [1.82, 2.24) is 0 Å². The first-order chi connectivity index (χ1) is 9.65. The van der Waals surface area contributed by atoms with Gasteiger partial charge in [0.15, 0.2) is 5.78 Å². The molecule has 0 aliphatic heterocycles. The Balaban J connectivity index is 2.37. The number of ether oxygens (including phenoxy) is 1. The van der Waals surface area contributed by atoms with E-state index in [1.54, 1.807) is 43.5 Å². The summed E-state index contributed by atoms with van der Waals surface area (Å²) in [6.45, 7) is 1.92. The Morgan fingerprint density at radius 1 is 1.20 bits per heavy atom. The lowest BCUT2D eigenvalue weighted by Crippen LogP contribution is -2.11. The van der Waals surface area contributed by atoms with E-state index in [4.69, 9.17) is 4.74 Å². The molecular formula is C17H15NO2. The van der Waals surface area contributed by atoms with Crippen LogP contribution in [0, 0.1) is 18.3 Å². The van der Waals surface area contributed by atoms with Crippen LogP contribution in [0.5, 0.6) is 5.75 Å². The maximum Gasteiger partial charge on any atom is 0.184 e. The van der Waals surface area contributed by atoms with Gasteiger partial charge in [0, 0.05) is 5.56 Å².